The van der Waals surface area contributed by atoms with Crippen LogP contribution >= 0.6 is 12.2 Å². The fraction of sp³-hybridized carbons (Fsp3) is 0.207. The number of anilines is 1. The summed E-state index contributed by atoms with van der Waals surface area (Å²) in [5.41, 5.74) is 5.42. The first-order valence-electron chi connectivity index (χ1n) is 12.2. The summed E-state index contributed by atoms with van der Waals surface area (Å²) in [5, 5.41) is 17.6. The highest BCUT2D eigenvalue weighted by molar-refractivity contribution is 7.80. The molecule has 2 atom stereocenters. The average Bonchev–Trinajstić information content (AvgIpc) is 3.38. The van der Waals surface area contributed by atoms with Crippen molar-refractivity contribution in [2.24, 2.45) is 0 Å². The Morgan fingerprint density at radius 1 is 1.05 bits per heavy atom. The molecule has 2 aromatic carbocycles. The van der Waals surface area contributed by atoms with Gasteiger partial charge in [-0.2, -0.15) is 0 Å². The molecule has 188 valence electrons. The number of hydrogen-bond acceptors (Lipinski definition) is 4. The number of rotatable bonds is 7. The lowest BCUT2D eigenvalue weighted by Gasteiger charge is -2.28. The Labute approximate surface area is 221 Å². The summed E-state index contributed by atoms with van der Waals surface area (Å²) < 4.78 is 2.06. The van der Waals surface area contributed by atoms with E-state index in [2.05, 4.69) is 31.2 Å². The van der Waals surface area contributed by atoms with Crippen molar-refractivity contribution in [3.8, 4) is 11.4 Å². The first kappa shape index (κ1) is 24.5. The van der Waals surface area contributed by atoms with E-state index >= 15 is 0 Å². The Morgan fingerprint density at radius 2 is 1.78 bits per heavy atom. The SMILES string of the molecule is Cc1cc([C@H]2[C@@H](c3ccccn3)NC(=S)N2CCC(=O)Nc2ccccc2)c(C)n1-c1ccccc1O. The monoisotopic (exact) mass is 511 g/mol. The fourth-order valence-electron chi connectivity index (χ4n) is 5.06. The van der Waals surface area contributed by atoms with Crippen molar-refractivity contribution in [3.63, 3.8) is 0 Å². The molecule has 0 unspecified atom stereocenters. The number of pyridine rings is 1. The van der Waals surface area contributed by atoms with Crippen LogP contribution in [0.15, 0.2) is 85.1 Å². The molecule has 1 saturated heterocycles. The first-order chi connectivity index (χ1) is 17.9. The molecule has 3 heterocycles. The maximum absolute atomic E-state index is 12.8. The van der Waals surface area contributed by atoms with Crippen LogP contribution in [0.4, 0.5) is 5.69 Å². The zero-order valence-electron chi connectivity index (χ0n) is 20.8. The van der Waals surface area contributed by atoms with E-state index in [1.807, 2.05) is 80.6 Å². The maximum atomic E-state index is 12.8. The lowest BCUT2D eigenvalue weighted by Crippen LogP contribution is -2.32. The van der Waals surface area contributed by atoms with Gasteiger partial charge in [0.05, 0.1) is 23.5 Å². The molecule has 3 N–H and O–H groups in total. The van der Waals surface area contributed by atoms with E-state index in [1.54, 1.807) is 12.3 Å². The summed E-state index contributed by atoms with van der Waals surface area (Å²) >= 11 is 5.78. The molecule has 1 amide bonds. The van der Waals surface area contributed by atoms with Crippen LogP contribution in [0.3, 0.4) is 0 Å². The van der Waals surface area contributed by atoms with Gasteiger partial charge in [0.15, 0.2) is 5.11 Å². The summed E-state index contributed by atoms with van der Waals surface area (Å²) in [6.45, 7) is 4.52. The number of benzene rings is 2. The Hall–Kier alpha value is -4.17. The minimum absolute atomic E-state index is 0.0753. The van der Waals surface area contributed by atoms with Gasteiger partial charge in [-0.05, 0) is 74.1 Å². The Kier molecular flexibility index (Phi) is 6.92. The molecule has 8 heteroatoms. The Bertz CT molecular complexity index is 1420. The molecule has 5 rings (SSSR count). The van der Waals surface area contributed by atoms with Gasteiger partial charge in [0.25, 0.3) is 0 Å². The molecule has 37 heavy (non-hydrogen) atoms. The van der Waals surface area contributed by atoms with Gasteiger partial charge < -0.3 is 25.2 Å². The zero-order valence-corrected chi connectivity index (χ0v) is 21.6. The van der Waals surface area contributed by atoms with Crippen molar-refractivity contribution in [2.45, 2.75) is 32.4 Å². The van der Waals surface area contributed by atoms with E-state index in [9.17, 15) is 9.90 Å². The molecular formula is C29H29N5O2S. The number of amides is 1. The van der Waals surface area contributed by atoms with Crippen LogP contribution in [0.2, 0.25) is 0 Å². The highest BCUT2D eigenvalue weighted by Crippen LogP contribution is 2.42. The smallest absolute Gasteiger partial charge is 0.226 e. The van der Waals surface area contributed by atoms with Crippen LogP contribution in [0.5, 0.6) is 5.75 Å². The van der Waals surface area contributed by atoms with Gasteiger partial charge in [0, 0.05) is 36.2 Å². The molecule has 0 radical (unpaired) electrons. The van der Waals surface area contributed by atoms with Crippen molar-refractivity contribution in [3.05, 3.63) is 108 Å². The van der Waals surface area contributed by atoms with Crippen LogP contribution in [0, 0.1) is 13.8 Å². The molecular weight excluding hydrogens is 482 g/mol. The van der Waals surface area contributed by atoms with Gasteiger partial charge in [0.1, 0.15) is 5.75 Å². The third kappa shape index (κ3) is 4.93. The number of carbonyl (C=O) groups is 1. The van der Waals surface area contributed by atoms with Gasteiger partial charge in [-0.15, -0.1) is 0 Å². The van der Waals surface area contributed by atoms with Crippen molar-refractivity contribution >= 4 is 28.9 Å². The molecule has 0 bridgehead atoms. The summed E-state index contributed by atoms with van der Waals surface area (Å²) in [4.78, 5) is 19.5. The van der Waals surface area contributed by atoms with Gasteiger partial charge in [-0.25, -0.2) is 0 Å². The molecule has 1 fully saturated rings. The lowest BCUT2D eigenvalue weighted by atomic mass is 9.96. The number of para-hydroxylation sites is 3. The predicted octanol–water partition coefficient (Wildman–Crippen LogP) is 5.20. The van der Waals surface area contributed by atoms with Gasteiger partial charge >= 0.3 is 0 Å². The number of thiocarbonyl (C=S) groups is 1. The number of aromatic hydroxyl groups is 1. The number of phenols is 1. The minimum atomic E-state index is -0.191. The van der Waals surface area contributed by atoms with Gasteiger partial charge in [-0.3, -0.25) is 9.78 Å². The number of hydrogen-bond donors (Lipinski definition) is 3. The number of nitrogens with zero attached hydrogens (tertiary/aromatic N) is 3. The molecule has 2 aromatic heterocycles. The van der Waals surface area contributed by atoms with Crippen molar-refractivity contribution < 1.29 is 9.90 Å². The van der Waals surface area contributed by atoms with Gasteiger partial charge in [-0.1, -0.05) is 36.4 Å². The summed E-state index contributed by atoms with van der Waals surface area (Å²) in [6.07, 6.45) is 2.05. The van der Waals surface area contributed by atoms with Crippen LogP contribution in [0.25, 0.3) is 5.69 Å². The molecule has 1 aliphatic heterocycles. The average molecular weight is 512 g/mol. The Balaban J connectivity index is 1.49. The fourth-order valence-corrected chi connectivity index (χ4v) is 5.39. The summed E-state index contributed by atoms with van der Waals surface area (Å²) in [7, 11) is 0. The molecule has 0 spiro atoms. The van der Waals surface area contributed by atoms with Crippen molar-refractivity contribution in [1.29, 1.82) is 0 Å². The third-order valence-electron chi connectivity index (χ3n) is 6.75. The quantitative estimate of drug-likeness (QED) is 0.296. The summed E-state index contributed by atoms with van der Waals surface area (Å²) in [6, 6.07) is 24.4. The van der Waals surface area contributed by atoms with E-state index < -0.39 is 0 Å². The number of aryl methyl sites for hydroxylation is 1. The van der Waals surface area contributed by atoms with Crippen molar-refractivity contribution in [1.82, 2.24) is 19.8 Å². The maximum Gasteiger partial charge on any atom is 0.226 e. The van der Waals surface area contributed by atoms with Crippen LogP contribution in [-0.2, 0) is 4.79 Å². The van der Waals surface area contributed by atoms with E-state index in [1.165, 1.54) is 0 Å². The van der Waals surface area contributed by atoms with E-state index in [0.29, 0.717) is 11.7 Å². The lowest BCUT2D eigenvalue weighted by molar-refractivity contribution is -0.116. The topological polar surface area (TPSA) is 82.4 Å². The highest BCUT2D eigenvalue weighted by atomic mass is 32.1. The number of phenolic OH excluding ortho intramolecular Hbond substituents is 1. The molecule has 0 aliphatic carbocycles. The van der Waals surface area contributed by atoms with Crippen LogP contribution in [-0.4, -0.2) is 37.1 Å². The highest BCUT2D eigenvalue weighted by Gasteiger charge is 2.41. The second-order valence-corrected chi connectivity index (χ2v) is 9.52. The summed E-state index contributed by atoms with van der Waals surface area (Å²) in [5.74, 6) is 0.139. The first-order valence-corrected chi connectivity index (χ1v) is 12.6. The molecule has 0 saturated carbocycles. The Morgan fingerprint density at radius 3 is 2.51 bits per heavy atom. The molecule has 4 aromatic rings. The largest absolute Gasteiger partial charge is 0.506 e. The third-order valence-corrected chi connectivity index (χ3v) is 7.10. The van der Waals surface area contributed by atoms with Crippen LogP contribution < -0.4 is 10.6 Å². The number of aromatic nitrogens is 2. The molecule has 7 nitrogen and oxygen atoms in total. The zero-order chi connectivity index (χ0) is 25.9. The number of carbonyl (C=O) groups excluding carboxylic acids is 1. The standard InChI is InChI=1S/C29H29N5O2S/c1-19-18-22(20(2)34(19)24-13-6-7-14-25(24)35)28-27(23-12-8-9-16-30-23)32-29(37)33(28)17-15-26(36)31-21-10-4-3-5-11-21/h3-14,16,18,27-28,35H,15,17H2,1-2H3,(H,31,36)(H,32,37)/t27-,28+/m1/s1. The predicted molar refractivity (Wildman–Crippen MR) is 149 cm³/mol. The van der Waals surface area contributed by atoms with Gasteiger partial charge in [0.2, 0.25) is 5.91 Å². The van der Waals surface area contributed by atoms with E-state index in [4.69, 9.17) is 12.2 Å². The van der Waals surface area contributed by atoms with E-state index in [-0.39, 0.29) is 30.2 Å². The second-order valence-electron chi connectivity index (χ2n) is 9.13. The second kappa shape index (κ2) is 10.4. The minimum Gasteiger partial charge on any atom is -0.506 e. The van der Waals surface area contributed by atoms with E-state index in [0.717, 1.165) is 34.0 Å². The van der Waals surface area contributed by atoms with Crippen LogP contribution in [0.1, 0.15) is 41.1 Å². The number of nitrogens with one attached hydrogen (secondary N) is 2. The normalized spacial score (nSPS) is 17.0. The van der Waals surface area contributed by atoms with Crippen molar-refractivity contribution in [2.75, 3.05) is 11.9 Å². The molecule has 1 aliphatic rings.